The molecule has 0 unspecified atom stereocenters. The lowest BCUT2D eigenvalue weighted by atomic mass is 9.57. The van der Waals surface area contributed by atoms with Gasteiger partial charge in [0, 0.05) is 23.7 Å². The third-order valence-electron chi connectivity index (χ3n) is 8.47. The van der Waals surface area contributed by atoms with Gasteiger partial charge in [-0.25, -0.2) is 0 Å². The number of allylic oxidation sites excluding steroid dienone is 2. The molecular weight excluding hydrogens is 450 g/mol. The molecule has 0 fully saturated rings. The van der Waals surface area contributed by atoms with Crippen molar-refractivity contribution in [3.63, 3.8) is 0 Å². The van der Waals surface area contributed by atoms with Gasteiger partial charge in [0.05, 0.1) is 11.5 Å². The highest BCUT2D eigenvalue weighted by atomic mass is 16.1. The molecule has 0 saturated carbocycles. The predicted octanol–water partition coefficient (Wildman–Crippen LogP) is 7.83. The van der Waals surface area contributed by atoms with Crippen molar-refractivity contribution in [3.05, 3.63) is 150 Å². The molecule has 0 bridgehead atoms. The third-order valence-corrected chi connectivity index (χ3v) is 8.47. The Morgan fingerprint density at radius 3 is 1.86 bits per heavy atom. The average molecular weight is 482 g/mol. The lowest BCUT2D eigenvalue weighted by molar-refractivity contribution is 0.0885. The number of benzene rings is 4. The number of hydrogen-bond acceptors (Lipinski definition) is 2. The van der Waals surface area contributed by atoms with Crippen LogP contribution in [0.2, 0.25) is 0 Å². The van der Waals surface area contributed by atoms with Crippen LogP contribution >= 0.6 is 0 Å². The molecule has 0 radical (unpaired) electrons. The van der Waals surface area contributed by atoms with E-state index in [1.165, 1.54) is 11.3 Å². The van der Waals surface area contributed by atoms with Crippen molar-refractivity contribution in [3.8, 4) is 0 Å². The summed E-state index contributed by atoms with van der Waals surface area (Å²) in [5.41, 5.74) is 6.66. The Balaban J connectivity index is 1.69. The van der Waals surface area contributed by atoms with E-state index in [0.717, 1.165) is 27.8 Å². The molecule has 1 heterocycles. The zero-order chi connectivity index (χ0) is 25.6. The normalized spacial score (nSPS) is 21.8. The highest BCUT2D eigenvalue weighted by Crippen LogP contribution is 2.60. The molecule has 0 saturated heterocycles. The first-order valence-electron chi connectivity index (χ1n) is 12.9. The summed E-state index contributed by atoms with van der Waals surface area (Å²) in [6, 6.07) is 39.3. The number of Topliss-reactive ketones (excluding diaryl/α,β-unsaturated/α-hetero) is 1. The first-order valence-corrected chi connectivity index (χ1v) is 12.9. The number of para-hydroxylation sites is 1. The van der Waals surface area contributed by atoms with Crippen molar-refractivity contribution < 1.29 is 4.79 Å². The molecule has 2 atom stereocenters. The molecule has 2 heteroatoms. The van der Waals surface area contributed by atoms with Crippen molar-refractivity contribution in [1.82, 2.24) is 0 Å². The maximum Gasteiger partial charge on any atom is 0.173 e. The molecule has 0 N–H and O–H groups in total. The second-order valence-electron chi connectivity index (χ2n) is 10.6. The SMILES string of the molecule is CN1c2ccccc2C(C)(C)[C@]12C=C(c1ccccc1)C=C(c1ccccc1)[C@@H]2C(=O)c1ccccc1. The van der Waals surface area contributed by atoms with E-state index >= 15 is 0 Å². The van der Waals surface area contributed by atoms with Crippen molar-refractivity contribution in [1.29, 1.82) is 0 Å². The lowest BCUT2D eigenvalue weighted by Crippen LogP contribution is -2.61. The van der Waals surface area contributed by atoms with Crippen LogP contribution in [0.25, 0.3) is 11.1 Å². The van der Waals surface area contributed by atoms with Gasteiger partial charge in [-0.3, -0.25) is 4.79 Å². The summed E-state index contributed by atoms with van der Waals surface area (Å²) in [7, 11) is 2.16. The molecule has 0 amide bonds. The minimum Gasteiger partial charge on any atom is -0.363 e. The summed E-state index contributed by atoms with van der Waals surface area (Å²) in [5, 5.41) is 0. The van der Waals surface area contributed by atoms with E-state index in [4.69, 9.17) is 0 Å². The monoisotopic (exact) mass is 481 g/mol. The van der Waals surface area contributed by atoms with Crippen LogP contribution in [-0.2, 0) is 5.41 Å². The molecule has 4 aromatic rings. The predicted molar refractivity (Wildman–Crippen MR) is 154 cm³/mol. The van der Waals surface area contributed by atoms with Gasteiger partial charge in [0.2, 0.25) is 0 Å². The van der Waals surface area contributed by atoms with Crippen LogP contribution in [0.3, 0.4) is 0 Å². The highest BCUT2D eigenvalue weighted by molar-refractivity contribution is 6.10. The van der Waals surface area contributed by atoms with Gasteiger partial charge in [-0.05, 0) is 46.1 Å². The number of nitrogens with zero attached hydrogens (tertiary/aromatic N) is 1. The van der Waals surface area contributed by atoms with Crippen molar-refractivity contribution in [2.75, 3.05) is 11.9 Å². The molecule has 0 aromatic heterocycles. The summed E-state index contributed by atoms with van der Waals surface area (Å²) in [6.45, 7) is 4.60. The third kappa shape index (κ3) is 3.43. The first-order chi connectivity index (χ1) is 17.9. The van der Waals surface area contributed by atoms with Crippen LogP contribution in [0.1, 0.15) is 40.9 Å². The summed E-state index contributed by atoms with van der Waals surface area (Å²) in [4.78, 5) is 17.0. The first kappa shape index (κ1) is 23.2. The Morgan fingerprint density at radius 2 is 1.24 bits per heavy atom. The Bertz CT molecular complexity index is 1520. The standard InChI is InChI=1S/C35H31NO/c1-34(2)30-21-13-14-22-31(30)36(3)35(34)24-28(25-15-7-4-8-16-25)23-29(26-17-9-5-10-18-26)32(35)33(37)27-19-11-6-12-20-27/h4-24,32H,1-3H3/t32-,35-/m1/s1. The molecule has 4 aromatic carbocycles. The van der Waals surface area contributed by atoms with E-state index in [1.807, 2.05) is 42.5 Å². The van der Waals surface area contributed by atoms with Crippen LogP contribution in [0.5, 0.6) is 0 Å². The molecule has 6 rings (SSSR count). The van der Waals surface area contributed by atoms with Gasteiger partial charge in [-0.1, -0.05) is 123 Å². The van der Waals surface area contributed by atoms with Crippen LogP contribution in [0.4, 0.5) is 5.69 Å². The zero-order valence-corrected chi connectivity index (χ0v) is 21.6. The summed E-state index contributed by atoms with van der Waals surface area (Å²) in [6.07, 6.45) is 4.62. The van der Waals surface area contributed by atoms with Crippen molar-refractivity contribution in [2.24, 2.45) is 5.92 Å². The van der Waals surface area contributed by atoms with Crippen molar-refractivity contribution in [2.45, 2.75) is 24.8 Å². The number of fused-ring (bicyclic) bond motifs is 1. The Hall–Kier alpha value is -4.17. The number of hydrogen-bond donors (Lipinski definition) is 0. The number of rotatable bonds is 4. The van der Waals surface area contributed by atoms with Gasteiger partial charge in [0.1, 0.15) is 0 Å². The van der Waals surface area contributed by atoms with Crippen LogP contribution < -0.4 is 4.90 Å². The molecule has 1 aliphatic heterocycles. The van der Waals surface area contributed by atoms with Gasteiger partial charge >= 0.3 is 0 Å². The fraction of sp³-hybridized carbons (Fsp3) is 0.171. The molecule has 37 heavy (non-hydrogen) atoms. The van der Waals surface area contributed by atoms with Gasteiger partial charge in [-0.15, -0.1) is 0 Å². The van der Waals surface area contributed by atoms with E-state index in [9.17, 15) is 4.79 Å². The quantitative estimate of drug-likeness (QED) is 0.277. The number of carbonyl (C=O) groups excluding carboxylic acids is 1. The smallest absolute Gasteiger partial charge is 0.173 e. The van der Waals surface area contributed by atoms with E-state index in [1.54, 1.807) is 0 Å². The van der Waals surface area contributed by atoms with Gasteiger partial charge in [0.15, 0.2) is 5.78 Å². The molecule has 2 nitrogen and oxygen atoms in total. The lowest BCUT2D eigenvalue weighted by Gasteiger charge is -2.52. The molecular formula is C35H31NO. The van der Waals surface area contributed by atoms with Gasteiger partial charge in [-0.2, -0.15) is 0 Å². The fourth-order valence-corrected chi connectivity index (χ4v) is 6.60. The van der Waals surface area contributed by atoms with Gasteiger partial charge < -0.3 is 4.90 Å². The molecule has 2 aliphatic rings. The summed E-state index contributed by atoms with van der Waals surface area (Å²) < 4.78 is 0. The average Bonchev–Trinajstić information content (AvgIpc) is 3.12. The molecule has 182 valence electrons. The Morgan fingerprint density at radius 1 is 0.703 bits per heavy atom. The minimum absolute atomic E-state index is 0.145. The highest BCUT2D eigenvalue weighted by Gasteiger charge is 2.62. The number of anilines is 1. The number of ketones is 1. The second kappa shape index (κ2) is 8.74. The topological polar surface area (TPSA) is 20.3 Å². The summed E-state index contributed by atoms with van der Waals surface area (Å²) in [5.74, 6) is -0.260. The second-order valence-corrected chi connectivity index (χ2v) is 10.6. The maximum absolute atomic E-state index is 14.7. The zero-order valence-electron chi connectivity index (χ0n) is 21.6. The Kier molecular flexibility index (Phi) is 5.49. The molecule has 1 spiro atoms. The van der Waals surface area contributed by atoms with Crippen LogP contribution in [-0.4, -0.2) is 18.4 Å². The van der Waals surface area contributed by atoms with Crippen LogP contribution in [0.15, 0.2) is 127 Å². The maximum atomic E-state index is 14.7. The van der Waals surface area contributed by atoms with Gasteiger partial charge in [0.25, 0.3) is 0 Å². The minimum atomic E-state index is -0.616. The largest absolute Gasteiger partial charge is 0.363 e. The van der Waals surface area contributed by atoms with E-state index < -0.39 is 11.5 Å². The van der Waals surface area contributed by atoms with E-state index in [0.29, 0.717) is 0 Å². The fourth-order valence-electron chi connectivity index (χ4n) is 6.60. The summed E-state index contributed by atoms with van der Waals surface area (Å²) >= 11 is 0. The van der Waals surface area contributed by atoms with Crippen LogP contribution in [0, 0.1) is 5.92 Å². The van der Waals surface area contributed by atoms with E-state index in [2.05, 4.69) is 111 Å². The number of likely N-dealkylation sites (N-methyl/N-ethyl adjacent to an activating group) is 1. The Labute approximate surface area is 219 Å². The molecule has 1 aliphatic carbocycles. The van der Waals surface area contributed by atoms with Crippen molar-refractivity contribution >= 4 is 22.6 Å². The van der Waals surface area contributed by atoms with E-state index in [-0.39, 0.29) is 11.2 Å². The number of carbonyl (C=O) groups is 1.